The fraction of sp³-hybridized carbons (Fsp3) is 0.294. The number of carbonyl (C=O) groups excluding carboxylic acids is 2. The van der Waals surface area contributed by atoms with Crippen molar-refractivity contribution >= 4 is 11.8 Å². The number of aromatic nitrogens is 2. The van der Waals surface area contributed by atoms with Gasteiger partial charge in [0.25, 0.3) is 11.8 Å². The molecule has 118 valence electrons. The first-order chi connectivity index (χ1) is 11.1. The highest BCUT2D eigenvalue weighted by molar-refractivity contribution is 5.96. The maximum atomic E-state index is 12.5. The van der Waals surface area contributed by atoms with Gasteiger partial charge in [-0.25, -0.2) is 0 Å². The Balaban J connectivity index is 1.80. The Labute approximate surface area is 134 Å². The molecule has 1 saturated carbocycles. The molecular weight excluding hydrogens is 292 g/mol. The van der Waals surface area contributed by atoms with Gasteiger partial charge >= 0.3 is 0 Å². The van der Waals surface area contributed by atoms with E-state index >= 15 is 0 Å². The summed E-state index contributed by atoms with van der Waals surface area (Å²) in [4.78, 5) is 31.8. The Morgan fingerprint density at radius 1 is 1.30 bits per heavy atom. The summed E-state index contributed by atoms with van der Waals surface area (Å²) in [6, 6.07) is 5.38. The zero-order valence-electron chi connectivity index (χ0n) is 12.8. The molecule has 0 aromatic carbocycles. The summed E-state index contributed by atoms with van der Waals surface area (Å²) in [6.07, 6.45) is 6.99. The zero-order valence-corrected chi connectivity index (χ0v) is 12.8. The van der Waals surface area contributed by atoms with Crippen LogP contribution in [0.25, 0.3) is 0 Å². The van der Waals surface area contributed by atoms with Crippen molar-refractivity contribution in [2.75, 3.05) is 0 Å². The zero-order chi connectivity index (χ0) is 16.4. The van der Waals surface area contributed by atoms with Crippen LogP contribution in [0.4, 0.5) is 0 Å². The van der Waals surface area contributed by atoms with Gasteiger partial charge < -0.3 is 11.1 Å². The van der Waals surface area contributed by atoms with E-state index in [2.05, 4.69) is 15.3 Å². The molecule has 0 radical (unpaired) electrons. The van der Waals surface area contributed by atoms with Crippen LogP contribution >= 0.6 is 0 Å². The van der Waals surface area contributed by atoms with Gasteiger partial charge in [-0.3, -0.25) is 19.6 Å². The van der Waals surface area contributed by atoms with Crippen LogP contribution < -0.4 is 11.1 Å². The highest BCUT2D eigenvalue weighted by Gasteiger charge is 2.33. The lowest BCUT2D eigenvalue weighted by molar-refractivity contribution is 0.0924. The molecular formula is C17H18N4O2. The summed E-state index contributed by atoms with van der Waals surface area (Å²) >= 11 is 0. The molecule has 2 heterocycles. The Bertz CT molecular complexity index is 742. The first-order valence-electron chi connectivity index (χ1n) is 7.53. The predicted octanol–water partition coefficient (Wildman–Crippen LogP) is 1.77. The number of hydrogen-bond acceptors (Lipinski definition) is 4. The monoisotopic (exact) mass is 310 g/mol. The van der Waals surface area contributed by atoms with E-state index in [1.54, 1.807) is 25.4 Å². The minimum Gasteiger partial charge on any atom is -0.366 e. The fourth-order valence-electron chi connectivity index (χ4n) is 2.63. The molecule has 3 rings (SSSR count). The molecule has 1 fully saturated rings. The van der Waals surface area contributed by atoms with Crippen LogP contribution in [0.15, 0.2) is 36.8 Å². The Kier molecular flexibility index (Phi) is 4.06. The number of pyridine rings is 2. The van der Waals surface area contributed by atoms with Gasteiger partial charge in [0.15, 0.2) is 0 Å². The number of primary amides is 1. The molecule has 0 aliphatic heterocycles. The summed E-state index contributed by atoms with van der Waals surface area (Å²) < 4.78 is 0. The summed E-state index contributed by atoms with van der Waals surface area (Å²) in [5, 5.41) is 3.04. The van der Waals surface area contributed by atoms with E-state index in [0.29, 0.717) is 17.0 Å². The molecule has 2 aromatic heterocycles. The molecule has 3 N–H and O–H groups in total. The third-order valence-corrected chi connectivity index (χ3v) is 4.05. The Hall–Kier alpha value is -2.76. The SMILES string of the molecule is Cc1cc(C(=O)NC(c2ccncc2)C2CC2)ncc1C(N)=O. The summed E-state index contributed by atoms with van der Waals surface area (Å²) in [5.74, 6) is -0.347. The standard InChI is InChI=1S/C17H18N4O2/c1-10-8-14(20-9-13(10)16(18)22)17(23)21-15(11-2-3-11)12-4-6-19-7-5-12/h4-9,11,15H,2-3H2,1H3,(H2,18,22)(H,21,23). The number of nitrogens with two attached hydrogens (primary N) is 1. The summed E-state index contributed by atoms with van der Waals surface area (Å²) in [5.41, 5.74) is 7.56. The van der Waals surface area contributed by atoms with Crippen LogP contribution in [-0.2, 0) is 0 Å². The van der Waals surface area contributed by atoms with Crippen molar-refractivity contribution in [1.82, 2.24) is 15.3 Å². The Morgan fingerprint density at radius 3 is 2.57 bits per heavy atom. The van der Waals surface area contributed by atoms with Gasteiger partial charge in [-0.2, -0.15) is 0 Å². The average molecular weight is 310 g/mol. The molecule has 1 aliphatic rings. The molecule has 0 saturated heterocycles. The third kappa shape index (κ3) is 3.36. The highest BCUT2D eigenvalue weighted by atomic mass is 16.2. The van der Waals surface area contributed by atoms with Crippen molar-refractivity contribution in [2.24, 2.45) is 11.7 Å². The van der Waals surface area contributed by atoms with Gasteiger partial charge in [-0.1, -0.05) is 0 Å². The second-order valence-corrected chi connectivity index (χ2v) is 5.82. The van der Waals surface area contributed by atoms with Crippen LogP contribution in [0.2, 0.25) is 0 Å². The molecule has 1 aliphatic carbocycles. The minimum atomic E-state index is -0.547. The van der Waals surface area contributed by atoms with E-state index in [-0.39, 0.29) is 17.6 Å². The Morgan fingerprint density at radius 2 is 2.00 bits per heavy atom. The largest absolute Gasteiger partial charge is 0.366 e. The topological polar surface area (TPSA) is 98.0 Å². The number of rotatable bonds is 5. The van der Waals surface area contributed by atoms with Crippen molar-refractivity contribution in [3.63, 3.8) is 0 Å². The molecule has 1 atom stereocenters. The first-order valence-corrected chi connectivity index (χ1v) is 7.53. The molecule has 0 bridgehead atoms. The smallest absolute Gasteiger partial charge is 0.270 e. The lowest BCUT2D eigenvalue weighted by Crippen LogP contribution is -2.30. The van der Waals surface area contributed by atoms with Crippen LogP contribution in [-0.4, -0.2) is 21.8 Å². The van der Waals surface area contributed by atoms with Crippen molar-refractivity contribution in [2.45, 2.75) is 25.8 Å². The average Bonchev–Trinajstić information content (AvgIpc) is 3.37. The number of nitrogens with one attached hydrogen (secondary N) is 1. The van der Waals surface area contributed by atoms with E-state index in [1.807, 2.05) is 12.1 Å². The van der Waals surface area contributed by atoms with E-state index in [1.165, 1.54) is 6.20 Å². The lowest BCUT2D eigenvalue weighted by Gasteiger charge is -2.18. The minimum absolute atomic E-state index is 0.0385. The van der Waals surface area contributed by atoms with Crippen molar-refractivity contribution in [3.05, 3.63) is 59.2 Å². The van der Waals surface area contributed by atoms with E-state index in [9.17, 15) is 9.59 Å². The molecule has 2 amide bonds. The first kappa shape index (κ1) is 15.1. The molecule has 6 heteroatoms. The normalized spacial score (nSPS) is 15.0. The van der Waals surface area contributed by atoms with Crippen molar-refractivity contribution in [3.8, 4) is 0 Å². The van der Waals surface area contributed by atoms with Gasteiger partial charge in [0.05, 0.1) is 11.6 Å². The maximum Gasteiger partial charge on any atom is 0.270 e. The fourth-order valence-corrected chi connectivity index (χ4v) is 2.63. The second-order valence-electron chi connectivity index (χ2n) is 5.82. The maximum absolute atomic E-state index is 12.5. The number of hydrogen-bond donors (Lipinski definition) is 2. The predicted molar refractivity (Wildman–Crippen MR) is 84.7 cm³/mol. The lowest BCUT2D eigenvalue weighted by atomic mass is 10.0. The van der Waals surface area contributed by atoms with Crippen LogP contribution in [0.5, 0.6) is 0 Å². The van der Waals surface area contributed by atoms with Gasteiger partial charge in [-0.15, -0.1) is 0 Å². The van der Waals surface area contributed by atoms with E-state index < -0.39 is 5.91 Å². The number of aryl methyl sites for hydroxylation is 1. The number of carbonyl (C=O) groups is 2. The number of amides is 2. The van der Waals surface area contributed by atoms with E-state index in [4.69, 9.17) is 5.73 Å². The van der Waals surface area contributed by atoms with Gasteiger partial charge in [0.1, 0.15) is 5.69 Å². The summed E-state index contributed by atoms with van der Waals surface area (Å²) in [7, 11) is 0. The van der Waals surface area contributed by atoms with Gasteiger partial charge in [-0.05, 0) is 55.0 Å². The van der Waals surface area contributed by atoms with Crippen molar-refractivity contribution in [1.29, 1.82) is 0 Å². The molecule has 0 spiro atoms. The summed E-state index contributed by atoms with van der Waals surface area (Å²) in [6.45, 7) is 1.74. The molecule has 23 heavy (non-hydrogen) atoms. The van der Waals surface area contributed by atoms with E-state index in [0.717, 1.165) is 18.4 Å². The van der Waals surface area contributed by atoms with Gasteiger partial charge in [0.2, 0.25) is 0 Å². The van der Waals surface area contributed by atoms with Crippen LogP contribution in [0.3, 0.4) is 0 Å². The number of nitrogens with zero attached hydrogens (tertiary/aromatic N) is 2. The highest BCUT2D eigenvalue weighted by Crippen LogP contribution is 2.40. The second kappa shape index (κ2) is 6.16. The van der Waals surface area contributed by atoms with Crippen LogP contribution in [0, 0.1) is 12.8 Å². The van der Waals surface area contributed by atoms with Crippen molar-refractivity contribution < 1.29 is 9.59 Å². The third-order valence-electron chi connectivity index (χ3n) is 4.05. The van der Waals surface area contributed by atoms with Gasteiger partial charge in [0, 0.05) is 18.6 Å². The molecule has 2 aromatic rings. The van der Waals surface area contributed by atoms with Crippen LogP contribution in [0.1, 0.15) is 50.9 Å². The molecule has 6 nitrogen and oxygen atoms in total. The quantitative estimate of drug-likeness (QED) is 0.879. The molecule has 1 unspecified atom stereocenters.